The van der Waals surface area contributed by atoms with Gasteiger partial charge in [0.05, 0.1) is 6.61 Å². The maximum absolute atomic E-state index is 11.7. The molecule has 0 radical (unpaired) electrons. The third kappa shape index (κ3) is 4.66. The highest BCUT2D eigenvalue weighted by molar-refractivity contribution is 5.73. The zero-order chi connectivity index (χ0) is 20.7. The predicted molar refractivity (Wildman–Crippen MR) is 103 cm³/mol. The van der Waals surface area contributed by atoms with E-state index in [1.165, 1.54) is 12.5 Å². The van der Waals surface area contributed by atoms with Crippen molar-refractivity contribution in [2.45, 2.75) is 83.4 Å². The minimum absolute atomic E-state index is 0.0333. The Morgan fingerprint density at radius 3 is 2.46 bits per heavy atom. The van der Waals surface area contributed by atoms with Gasteiger partial charge in [0.15, 0.2) is 5.79 Å². The van der Waals surface area contributed by atoms with Crippen LogP contribution in [0.2, 0.25) is 0 Å². The van der Waals surface area contributed by atoms with Gasteiger partial charge < -0.3 is 29.4 Å². The summed E-state index contributed by atoms with van der Waals surface area (Å²) < 4.78 is 23.5. The summed E-state index contributed by atoms with van der Waals surface area (Å²) in [5.41, 5.74) is 1.21. The van der Waals surface area contributed by atoms with Gasteiger partial charge in [0, 0.05) is 6.92 Å². The van der Waals surface area contributed by atoms with Crippen LogP contribution in [0.5, 0.6) is 5.75 Å². The fraction of sp³-hybridized carbons (Fsp3) is 0.667. The molecule has 0 unspecified atom stereocenters. The molecule has 3 rings (SSSR count). The maximum atomic E-state index is 11.7. The van der Waals surface area contributed by atoms with E-state index in [1.807, 2.05) is 24.3 Å². The van der Waals surface area contributed by atoms with E-state index in [2.05, 4.69) is 26.1 Å². The highest BCUT2D eigenvalue weighted by Crippen LogP contribution is 2.33. The number of aliphatic hydroxyl groups excluding tert-OH is 1. The average Bonchev–Trinajstić information content (AvgIpc) is 2.58. The molecule has 0 spiro atoms. The second-order valence-electron chi connectivity index (χ2n) is 8.95. The van der Waals surface area contributed by atoms with Crippen LogP contribution in [0.4, 0.5) is 0 Å². The van der Waals surface area contributed by atoms with Gasteiger partial charge in [-0.05, 0) is 37.0 Å². The summed E-state index contributed by atoms with van der Waals surface area (Å²) in [6.07, 6.45) is -2.98. The quantitative estimate of drug-likeness (QED) is 0.818. The number of aliphatic hydroxyl groups is 1. The van der Waals surface area contributed by atoms with Crippen molar-refractivity contribution in [1.82, 2.24) is 5.32 Å². The van der Waals surface area contributed by atoms with Crippen molar-refractivity contribution in [3.63, 3.8) is 0 Å². The number of hydrogen-bond acceptors (Lipinski definition) is 6. The van der Waals surface area contributed by atoms with E-state index in [1.54, 1.807) is 13.8 Å². The van der Waals surface area contributed by atoms with E-state index in [0.717, 1.165) is 0 Å². The van der Waals surface area contributed by atoms with E-state index in [0.29, 0.717) is 5.75 Å². The summed E-state index contributed by atoms with van der Waals surface area (Å²) in [6, 6.07) is 6.96. The number of nitrogens with one attached hydrogen (secondary N) is 1. The number of fused-ring (bicyclic) bond motifs is 1. The van der Waals surface area contributed by atoms with E-state index >= 15 is 0 Å². The summed E-state index contributed by atoms with van der Waals surface area (Å²) in [5.74, 6) is -0.519. The van der Waals surface area contributed by atoms with Crippen molar-refractivity contribution in [3.05, 3.63) is 29.8 Å². The number of benzene rings is 1. The topological polar surface area (TPSA) is 86.3 Å². The molecule has 1 amide bonds. The Hall–Kier alpha value is -1.67. The van der Waals surface area contributed by atoms with E-state index in [4.69, 9.17) is 18.9 Å². The van der Waals surface area contributed by atoms with Gasteiger partial charge in [-0.15, -0.1) is 0 Å². The van der Waals surface area contributed by atoms with Gasteiger partial charge in [-0.2, -0.15) is 0 Å². The fourth-order valence-electron chi connectivity index (χ4n) is 3.50. The van der Waals surface area contributed by atoms with Gasteiger partial charge in [-0.1, -0.05) is 32.9 Å². The van der Waals surface area contributed by atoms with Crippen molar-refractivity contribution >= 4 is 5.91 Å². The molecule has 2 saturated heterocycles. The average molecular weight is 393 g/mol. The Labute approximate surface area is 166 Å². The van der Waals surface area contributed by atoms with Gasteiger partial charge in [0.1, 0.15) is 30.1 Å². The first-order valence-corrected chi connectivity index (χ1v) is 9.66. The summed E-state index contributed by atoms with van der Waals surface area (Å²) >= 11 is 0. The number of carbonyl (C=O) groups excluding carboxylic acids is 1. The van der Waals surface area contributed by atoms with Crippen molar-refractivity contribution < 1.29 is 28.8 Å². The molecule has 0 bridgehead atoms. The Morgan fingerprint density at radius 2 is 1.89 bits per heavy atom. The minimum atomic E-state index is -0.996. The van der Waals surface area contributed by atoms with Crippen molar-refractivity contribution in [1.29, 1.82) is 0 Å². The van der Waals surface area contributed by atoms with E-state index in [-0.39, 0.29) is 17.9 Å². The second kappa shape index (κ2) is 7.63. The van der Waals surface area contributed by atoms with Crippen LogP contribution in [0.1, 0.15) is 47.1 Å². The molecule has 2 aliphatic heterocycles. The molecule has 2 heterocycles. The molecule has 156 valence electrons. The normalized spacial score (nSPS) is 32.3. The number of rotatable bonds is 3. The molecular formula is C21H31NO6. The number of hydrogen-bond donors (Lipinski definition) is 2. The van der Waals surface area contributed by atoms with Crippen LogP contribution in [-0.2, 0) is 24.4 Å². The maximum Gasteiger partial charge on any atom is 0.223 e. The Balaban J connectivity index is 1.79. The first-order valence-electron chi connectivity index (χ1n) is 9.66. The second-order valence-corrected chi connectivity index (χ2v) is 8.95. The van der Waals surface area contributed by atoms with Gasteiger partial charge in [-0.3, -0.25) is 4.79 Å². The van der Waals surface area contributed by atoms with E-state index in [9.17, 15) is 9.90 Å². The van der Waals surface area contributed by atoms with E-state index < -0.39 is 36.4 Å². The lowest BCUT2D eigenvalue weighted by molar-refractivity contribution is -0.361. The summed E-state index contributed by atoms with van der Waals surface area (Å²) in [5, 5.41) is 13.6. The molecule has 1 aromatic rings. The van der Waals surface area contributed by atoms with Gasteiger partial charge in [0.25, 0.3) is 0 Å². The lowest BCUT2D eigenvalue weighted by Gasteiger charge is -2.49. The van der Waals surface area contributed by atoms with Crippen molar-refractivity contribution in [3.8, 4) is 5.75 Å². The molecule has 2 N–H and O–H groups in total. The minimum Gasteiger partial charge on any atom is -0.463 e. The molecule has 1 aromatic carbocycles. The zero-order valence-corrected chi connectivity index (χ0v) is 17.4. The Kier molecular flexibility index (Phi) is 5.74. The molecular weight excluding hydrogens is 362 g/mol. The SMILES string of the molecule is CC(=O)N[C@@H]1[C@H](Oc2ccc(C(C)(C)C)cc2)O[C@@H]2COC(C)(C)O[C@@H]2[C@H]1O. The van der Waals surface area contributed by atoms with Crippen LogP contribution >= 0.6 is 0 Å². The Morgan fingerprint density at radius 1 is 1.25 bits per heavy atom. The summed E-state index contributed by atoms with van der Waals surface area (Å²) in [7, 11) is 0. The monoisotopic (exact) mass is 393 g/mol. The number of carbonyl (C=O) groups is 1. The molecule has 0 aromatic heterocycles. The van der Waals surface area contributed by atoms with Crippen LogP contribution in [0.15, 0.2) is 24.3 Å². The third-order valence-corrected chi connectivity index (χ3v) is 5.03. The zero-order valence-electron chi connectivity index (χ0n) is 17.4. The number of amides is 1. The molecule has 0 aliphatic carbocycles. The molecule has 2 fully saturated rings. The lowest BCUT2D eigenvalue weighted by Crippen LogP contribution is -2.69. The van der Waals surface area contributed by atoms with Crippen molar-refractivity contribution in [2.75, 3.05) is 6.61 Å². The summed E-state index contributed by atoms with van der Waals surface area (Å²) in [6.45, 7) is 11.6. The molecule has 28 heavy (non-hydrogen) atoms. The molecule has 2 aliphatic rings. The van der Waals surface area contributed by atoms with Crippen LogP contribution in [0, 0.1) is 0 Å². The number of ether oxygens (including phenoxy) is 4. The first kappa shape index (κ1) is 21.0. The van der Waals surface area contributed by atoms with Gasteiger partial charge >= 0.3 is 0 Å². The van der Waals surface area contributed by atoms with Crippen LogP contribution in [-0.4, -0.2) is 54.1 Å². The van der Waals surface area contributed by atoms with Crippen molar-refractivity contribution in [2.24, 2.45) is 0 Å². The predicted octanol–water partition coefficient (Wildman–Crippen LogP) is 2.10. The Bertz CT molecular complexity index is 696. The van der Waals surface area contributed by atoms with Crippen LogP contribution < -0.4 is 10.1 Å². The molecule has 7 heteroatoms. The molecule has 7 nitrogen and oxygen atoms in total. The van der Waals surface area contributed by atoms with Crippen LogP contribution in [0.25, 0.3) is 0 Å². The standard InChI is InChI=1S/C21H31NO6/c1-12(23)22-16-17(24)18-15(11-25-21(5,6)28-18)27-19(16)26-14-9-7-13(8-10-14)20(2,3)4/h7-10,15-19,24H,11H2,1-6H3,(H,22,23)/t15-,16+,17+,18+,19-/m1/s1. The highest BCUT2D eigenvalue weighted by Gasteiger charge is 2.52. The summed E-state index contributed by atoms with van der Waals surface area (Å²) in [4.78, 5) is 11.7. The highest BCUT2D eigenvalue weighted by atomic mass is 16.8. The largest absolute Gasteiger partial charge is 0.463 e. The lowest BCUT2D eigenvalue weighted by atomic mass is 9.87. The van der Waals surface area contributed by atoms with Gasteiger partial charge in [0.2, 0.25) is 12.2 Å². The fourth-order valence-corrected chi connectivity index (χ4v) is 3.50. The van der Waals surface area contributed by atoms with Gasteiger partial charge in [-0.25, -0.2) is 0 Å². The molecule has 0 saturated carbocycles. The third-order valence-electron chi connectivity index (χ3n) is 5.03. The molecule has 5 atom stereocenters. The smallest absolute Gasteiger partial charge is 0.223 e. The first-order chi connectivity index (χ1) is 13.0. The van der Waals surface area contributed by atoms with Crippen LogP contribution in [0.3, 0.4) is 0 Å².